The molecule has 0 unspecified atom stereocenters. The first-order valence-electron chi connectivity index (χ1n) is 2.08. The van der Waals surface area contributed by atoms with Crippen LogP contribution in [0.25, 0.3) is 0 Å². The Morgan fingerprint density at radius 3 is 2.43 bits per heavy atom. The zero-order valence-electron chi connectivity index (χ0n) is 4.81. The molecule has 0 fully saturated rings. The van der Waals surface area contributed by atoms with Crippen molar-refractivity contribution in [2.45, 2.75) is 6.92 Å². The maximum absolute atomic E-state index is 2.08. The molecule has 7 heavy (non-hydrogen) atoms. The molecule has 0 nitrogen and oxygen atoms in total. The molecule has 0 amide bonds. The van der Waals surface area contributed by atoms with E-state index in [0.717, 1.165) is 0 Å². The van der Waals surface area contributed by atoms with Crippen molar-refractivity contribution in [3.05, 3.63) is 29.8 Å². The topological polar surface area (TPSA) is 0 Å². The van der Waals surface area contributed by atoms with Crippen molar-refractivity contribution in [2.75, 3.05) is 0 Å². The SMILES string of the molecule is Cc1ccc[cH-]1.[Rb+]. The van der Waals surface area contributed by atoms with Crippen LogP contribution < -0.4 is 58.2 Å². The summed E-state index contributed by atoms with van der Waals surface area (Å²) in [5.74, 6) is 0. The van der Waals surface area contributed by atoms with Gasteiger partial charge in [0.15, 0.2) is 0 Å². The Morgan fingerprint density at radius 1 is 1.57 bits per heavy atom. The molecule has 1 heteroatoms. The molecule has 0 aliphatic heterocycles. The van der Waals surface area contributed by atoms with Gasteiger partial charge in [-0.3, -0.25) is 0 Å². The van der Waals surface area contributed by atoms with Gasteiger partial charge in [0.25, 0.3) is 0 Å². The molecular weight excluding hydrogens is 158 g/mol. The molecule has 0 saturated carbocycles. The van der Waals surface area contributed by atoms with E-state index in [4.69, 9.17) is 0 Å². The van der Waals surface area contributed by atoms with Crippen LogP contribution in [0.4, 0.5) is 0 Å². The van der Waals surface area contributed by atoms with Crippen molar-refractivity contribution >= 4 is 0 Å². The molecular formula is C6H7Rb. The first-order chi connectivity index (χ1) is 2.89. The summed E-state index contributed by atoms with van der Waals surface area (Å²) in [6.45, 7) is 2.08. The van der Waals surface area contributed by atoms with E-state index < -0.39 is 0 Å². The van der Waals surface area contributed by atoms with Gasteiger partial charge in [-0.1, -0.05) is 6.92 Å². The standard InChI is InChI=1S/C6H7.Rb/c1-6-4-2-3-5-6;/h2-5H,1H3;/q-1;+1. The van der Waals surface area contributed by atoms with E-state index in [2.05, 4.69) is 19.1 Å². The van der Waals surface area contributed by atoms with Crippen molar-refractivity contribution in [1.82, 2.24) is 0 Å². The molecule has 1 rings (SSSR count). The fraction of sp³-hybridized carbons (Fsp3) is 0.167. The maximum Gasteiger partial charge on any atom is 1.00 e. The molecule has 0 bridgehead atoms. The van der Waals surface area contributed by atoms with Gasteiger partial charge >= 0.3 is 58.2 Å². The molecule has 0 heterocycles. The summed E-state index contributed by atoms with van der Waals surface area (Å²) in [7, 11) is 0. The molecule has 0 spiro atoms. The van der Waals surface area contributed by atoms with Crippen LogP contribution in [0.5, 0.6) is 0 Å². The summed E-state index contributed by atoms with van der Waals surface area (Å²) < 4.78 is 0. The smallest absolute Gasteiger partial charge is 0.213 e. The van der Waals surface area contributed by atoms with E-state index >= 15 is 0 Å². The van der Waals surface area contributed by atoms with Crippen LogP contribution in [0.15, 0.2) is 24.3 Å². The second-order valence-corrected chi connectivity index (χ2v) is 1.46. The van der Waals surface area contributed by atoms with E-state index in [1.807, 2.05) is 12.1 Å². The summed E-state index contributed by atoms with van der Waals surface area (Å²) in [5.41, 5.74) is 1.34. The molecule has 0 radical (unpaired) electrons. The zero-order valence-corrected chi connectivity index (χ0v) is 9.73. The predicted molar refractivity (Wildman–Crippen MR) is 26.8 cm³/mol. The van der Waals surface area contributed by atoms with Gasteiger partial charge in [-0.15, -0.1) is 0 Å². The van der Waals surface area contributed by atoms with E-state index in [1.54, 1.807) is 0 Å². The summed E-state index contributed by atoms with van der Waals surface area (Å²) in [5, 5.41) is 0. The molecule has 0 aliphatic rings. The van der Waals surface area contributed by atoms with Crippen LogP contribution in [-0.4, -0.2) is 0 Å². The number of hydrogen-bond donors (Lipinski definition) is 0. The van der Waals surface area contributed by atoms with E-state index in [-0.39, 0.29) is 58.2 Å². The van der Waals surface area contributed by atoms with Crippen molar-refractivity contribution in [3.8, 4) is 0 Å². The van der Waals surface area contributed by atoms with Crippen molar-refractivity contribution in [1.29, 1.82) is 0 Å². The molecule has 0 atom stereocenters. The molecule has 32 valence electrons. The van der Waals surface area contributed by atoms with E-state index in [1.165, 1.54) is 5.56 Å². The largest absolute Gasteiger partial charge is 1.00 e. The van der Waals surface area contributed by atoms with Gasteiger partial charge < -0.3 is 0 Å². The number of hydrogen-bond acceptors (Lipinski definition) is 0. The van der Waals surface area contributed by atoms with Crippen LogP contribution in [0.3, 0.4) is 0 Å². The maximum atomic E-state index is 2.08. The minimum Gasteiger partial charge on any atom is -0.213 e. The van der Waals surface area contributed by atoms with Gasteiger partial charge in [-0.2, -0.15) is 17.7 Å². The number of aryl methyl sites for hydroxylation is 1. The molecule has 0 N–H and O–H groups in total. The van der Waals surface area contributed by atoms with Crippen LogP contribution in [0.2, 0.25) is 0 Å². The second kappa shape index (κ2) is 4.08. The minimum atomic E-state index is 0. The Labute approximate surface area is 93.1 Å². The summed E-state index contributed by atoms with van der Waals surface area (Å²) in [4.78, 5) is 0. The summed E-state index contributed by atoms with van der Waals surface area (Å²) in [6.07, 6.45) is 0. The van der Waals surface area contributed by atoms with Crippen molar-refractivity contribution in [2.24, 2.45) is 0 Å². The second-order valence-electron chi connectivity index (χ2n) is 1.46. The molecule has 0 aliphatic carbocycles. The van der Waals surface area contributed by atoms with E-state index in [9.17, 15) is 0 Å². The van der Waals surface area contributed by atoms with Gasteiger partial charge in [0, 0.05) is 0 Å². The average Bonchev–Trinajstić information content (AvgIpc) is 1.86. The Bertz CT molecular complexity index is 108. The molecule has 1 aromatic carbocycles. The Morgan fingerprint density at radius 2 is 2.29 bits per heavy atom. The Kier molecular flexibility index (Phi) is 4.75. The molecule has 1 aromatic rings. The normalized spacial score (nSPS) is 7.57. The molecule has 0 saturated heterocycles. The Balaban J connectivity index is 0.000000360. The third-order valence-corrected chi connectivity index (χ3v) is 0.829. The van der Waals surface area contributed by atoms with E-state index in [0.29, 0.717) is 0 Å². The fourth-order valence-electron chi connectivity index (χ4n) is 0.470. The summed E-state index contributed by atoms with van der Waals surface area (Å²) in [6, 6.07) is 8.24. The minimum absolute atomic E-state index is 0. The monoisotopic (exact) mass is 164 g/mol. The first kappa shape index (κ1) is 8.16. The molecule has 0 aromatic heterocycles. The first-order valence-corrected chi connectivity index (χ1v) is 2.08. The van der Waals surface area contributed by atoms with Gasteiger partial charge in [0.1, 0.15) is 0 Å². The van der Waals surface area contributed by atoms with Gasteiger partial charge in [0.05, 0.1) is 0 Å². The van der Waals surface area contributed by atoms with Gasteiger partial charge in [-0.25, -0.2) is 12.1 Å². The third-order valence-electron chi connectivity index (χ3n) is 0.829. The third kappa shape index (κ3) is 2.86. The quantitative estimate of drug-likeness (QED) is 0.419. The van der Waals surface area contributed by atoms with Crippen LogP contribution in [0.1, 0.15) is 5.56 Å². The van der Waals surface area contributed by atoms with Crippen molar-refractivity contribution in [3.63, 3.8) is 0 Å². The van der Waals surface area contributed by atoms with Crippen LogP contribution in [0, 0.1) is 6.92 Å². The fourth-order valence-corrected chi connectivity index (χ4v) is 0.470. The predicted octanol–water partition coefficient (Wildman–Crippen LogP) is -1.28. The van der Waals surface area contributed by atoms with Crippen LogP contribution in [-0.2, 0) is 0 Å². The van der Waals surface area contributed by atoms with Gasteiger partial charge in [0.2, 0.25) is 0 Å². The Hall–Kier alpha value is 1.16. The average molecular weight is 165 g/mol. The van der Waals surface area contributed by atoms with Gasteiger partial charge in [-0.05, 0) is 0 Å². The summed E-state index contributed by atoms with van der Waals surface area (Å²) >= 11 is 0. The van der Waals surface area contributed by atoms with Crippen LogP contribution >= 0.6 is 0 Å². The zero-order chi connectivity index (χ0) is 4.41. The van der Waals surface area contributed by atoms with Crippen molar-refractivity contribution < 1.29 is 58.2 Å². The number of rotatable bonds is 0.